The highest BCUT2D eigenvalue weighted by atomic mass is 35.5. The van der Waals surface area contributed by atoms with E-state index in [1.807, 2.05) is 20.8 Å². The highest BCUT2D eigenvalue weighted by molar-refractivity contribution is 7.92. The number of rotatable bonds is 10. The third-order valence-corrected chi connectivity index (χ3v) is 6.66. The number of nitrogens with zero attached hydrogens (tertiary/aromatic N) is 2. The van der Waals surface area contributed by atoms with Gasteiger partial charge in [0.2, 0.25) is 21.8 Å². The lowest BCUT2D eigenvalue weighted by atomic mass is 10.1. The smallest absolute Gasteiger partial charge is 0.244 e. The van der Waals surface area contributed by atoms with Crippen molar-refractivity contribution in [2.24, 2.45) is 0 Å². The van der Waals surface area contributed by atoms with Crippen LogP contribution in [-0.2, 0) is 26.2 Å². The molecule has 2 aromatic rings. The molecule has 11 heteroatoms. The maximum atomic E-state index is 13.6. The highest BCUT2D eigenvalue weighted by Crippen LogP contribution is 2.32. The van der Waals surface area contributed by atoms with Gasteiger partial charge in [-0.05, 0) is 57.5 Å². The second-order valence-electron chi connectivity index (χ2n) is 9.37. The summed E-state index contributed by atoms with van der Waals surface area (Å²) in [5, 5.41) is 3.41. The minimum atomic E-state index is -3.87. The van der Waals surface area contributed by atoms with Gasteiger partial charge in [0, 0.05) is 23.2 Å². The predicted molar refractivity (Wildman–Crippen MR) is 141 cm³/mol. The van der Waals surface area contributed by atoms with Crippen molar-refractivity contribution in [1.82, 2.24) is 10.2 Å². The number of hydrogen-bond donors (Lipinski definition) is 1. The average Bonchev–Trinajstić information content (AvgIpc) is 2.79. The van der Waals surface area contributed by atoms with Gasteiger partial charge in [-0.25, -0.2) is 8.42 Å². The van der Waals surface area contributed by atoms with Crippen LogP contribution in [0.3, 0.4) is 0 Å². The van der Waals surface area contributed by atoms with E-state index in [-0.39, 0.29) is 18.1 Å². The lowest BCUT2D eigenvalue weighted by Gasteiger charge is -2.33. The number of hydrogen-bond acceptors (Lipinski definition) is 6. The molecule has 0 aliphatic rings. The van der Waals surface area contributed by atoms with Gasteiger partial charge in [0.05, 0.1) is 26.2 Å². The van der Waals surface area contributed by atoms with E-state index in [2.05, 4.69) is 5.32 Å². The Balaban J connectivity index is 2.44. The van der Waals surface area contributed by atoms with Gasteiger partial charge in [-0.3, -0.25) is 13.9 Å². The van der Waals surface area contributed by atoms with E-state index in [9.17, 15) is 18.0 Å². The summed E-state index contributed by atoms with van der Waals surface area (Å²) < 4.78 is 36.9. The van der Waals surface area contributed by atoms with Crippen LogP contribution in [0.4, 0.5) is 5.69 Å². The van der Waals surface area contributed by atoms with E-state index in [1.54, 1.807) is 37.3 Å². The van der Waals surface area contributed by atoms with Crippen molar-refractivity contribution >= 4 is 39.1 Å². The molecule has 0 unspecified atom stereocenters. The number of carbonyl (C=O) groups excluding carboxylic acids is 2. The minimum Gasteiger partial charge on any atom is -0.493 e. The molecule has 2 aromatic carbocycles. The van der Waals surface area contributed by atoms with E-state index in [0.29, 0.717) is 16.5 Å². The summed E-state index contributed by atoms with van der Waals surface area (Å²) >= 11 is 5.99. The number of methoxy groups -OCH3 is 2. The summed E-state index contributed by atoms with van der Waals surface area (Å²) in [6.07, 6.45) is 1.01. The molecule has 36 heavy (non-hydrogen) atoms. The molecule has 0 aliphatic carbocycles. The van der Waals surface area contributed by atoms with Crippen molar-refractivity contribution in [3.63, 3.8) is 0 Å². The number of sulfonamides is 1. The van der Waals surface area contributed by atoms with Gasteiger partial charge in [-0.2, -0.15) is 0 Å². The van der Waals surface area contributed by atoms with Crippen molar-refractivity contribution in [3.8, 4) is 11.5 Å². The van der Waals surface area contributed by atoms with Crippen LogP contribution in [0.25, 0.3) is 0 Å². The van der Waals surface area contributed by atoms with E-state index >= 15 is 0 Å². The summed E-state index contributed by atoms with van der Waals surface area (Å²) in [4.78, 5) is 27.9. The molecule has 0 spiro atoms. The molecule has 1 N–H and O–H groups in total. The number of nitrogens with one attached hydrogen (secondary N) is 1. The quantitative estimate of drug-likeness (QED) is 0.496. The Morgan fingerprint density at radius 2 is 1.61 bits per heavy atom. The molecule has 9 nitrogen and oxygen atoms in total. The molecule has 2 rings (SSSR count). The van der Waals surface area contributed by atoms with Crippen molar-refractivity contribution in [2.75, 3.05) is 31.3 Å². The monoisotopic (exact) mass is 539 g/mol. The molecule has 0 heterocycles. The maximum Gasteiger partial charge on any atom is 0.244 e. The van der Waals surface area contributed by atoms with E-state index < -0.39 is 34.1 Å². The van der Waals surface area contributed by atoms with Gasteiger partial charge in [0.25, 0.3) is 0 Å². The minimum absolute atomic E-state index is 0.0816. The summed E-state index contributed by atoms with van der Waals surface area (Å²) in [6.45, 7) is 6.69. The van der Waals surface area contributed by atoms with E-state index in [0.717, 1.165) is 16.1 Å². The second-order valence-corrected chi connectivity index (χ2v) is 11.7. The molecule has 198 valence electrons. The average molecular weight is 540 g/mol. The summed E-state index contributed by atoms with van der Waals surface area (Å²) in [7, 11) is -0.975. The largest absolute Gasteiger partial charge is 0.493 e. The molecule has 0 bridgehead atoms. The lowest BCUT2D eigenvalue weighted by Crippen LogP contribution is -2.54. The first-order valence-electron chi connectivity index (χ1n) is 11.2. The Hall–Kier alpha value is -2.98. The van der Waals surface area contributed by atoms with Crippen LogP contribution in [0, 0.1) is 0 Å². The SMILES string of the molecule is COc1ccc(N(CC(=O)N(Cc2ccc(Cl)cc2)[C@@H](C)C(=O)NC(C)(C)C)S(C)(=O)=O)cc1OC. The van der Waals surface area contributed by atoms with Crippen molar-refractivity contribution in [2.45, 2.75) is 45.8 Å². The normalized spacial score (nSPS) is 12.4. The van der Waals surface area contributed by atoms with Crippen LogP contribution >= 0.6 is 11.6 Å². The molecule has 0 saturated carbocycles. The fourth-order valence-corrected chi connectivity index (χ4v) is 4.40. The number of carbonyl (C=O) groups is 2. The standard InChI is InChI=1S/C25H34ClN3O6S/c1-17(24(31)27-25(2,3)4)28(15-18-8-10-19(26)11-9-18)23(30)16-29(36(7,32)33)20-12-13-21(34-5)22(14-20)35-6/h8-14,17H,15-16H2,1-7H3,(H,27,31)/t17-/m0/s1. The summed E-state index contributed by atoms with van der Waals surface area (Å²) in [5.41, 5.74) is 0.445. The van der Waals surface area contributed by atoms with Crippen LogP contribution in [-0.4, -0.2) is 63.7 Å². The van der Waals surface area contributed by atoms with Crippen LogP contribution in [0.15, 0.2) is 42.5 Å². The fraction of sp³-hybridized carbons (Fsp3) is 0.440. The molecule has 0 saturated heterocycles. The Bertz CT molecular complexity index is 1180. The Morgan fingerprint density at radius 3 is 2.11 bits per heavy atom. The Labute approximate surface area is 218 Å². The zero-order chi connectivity index (χ0) is 27.3. The fourth-order valence-electron chi connectivity index (χ4n) is 3.44. The zero-order valence-corrected chi connectivity index (χ0v) is 23.2. The first-order valence-corrected chi connectivity index (χ1v) is 13.4. The van der Waals surface area contributed by atoms with Crippen LogP contribution in [0.5, 0.6) is 11.5 Å². The predicted octanol–water partition coefficient (Wildman–Crippen LogP) is 3.46. The van der Waals surface area contributed by atoms with Gasteiger partial charge >= 0.3 is 0 Å². The topological polar surface area (TPSA) is 105 Å². The van der Waals surface area contributed by atoms with Crippen LogP contribution < -0.4 is 19.1 Å². The Kier molecular flexibility index (Phi) is 9.62. The van der Waals surface area contributed by atoms with Crippen molar-refractivity contribution in [3.05, 3.63) is 53.1 Å². The summed E-state index contributed by atoms with van der Waals surface area (Å²) in [6, 6.07) is 10.6. The molecule has 1 atom stereocenters. The van der Waals surface area contributed by atoms with Gasteiger partial charge in [0.15, 0.2) is 11.5 Å². The molecule has 0 aromatic heterocycles. The van der Waals surface area contributed by atoms with Crippen LogP contribution in [0.2, 0.25) is 5.02 Å². The number of ether oxygens (including phenoxy) is 2. The number of amides is 2. The lowest BCUT2D eigenvalue weighted by molar-refractivity contribution is -0.140. The number of benzene rings is 2. The molecular weight excluding hydrogens is 506 g/mol. The maximum absolute atomic E-state index is 13.6. The van der Waals surface area contributed by atoms with E-state index in [1.165, 1.54) is 31.3 Å². The van der Waals surface area contributed by atoms with Gasteiger partial charge in [-0.1, -0.05) is 23.7 Å². The molecular formula is C25H34ClN3O6S. The third-order valence-electron chi connectivity index (χ3n) is 5.27. The molecule has 2 amide bonds. The second kappa shape index (κ2) is 11.8. The molecule has 0 fully saturated rings. The van der Waals surface area contributed by atoms with Crippen molar-refractivity contribution in [1.29, 1.82) is 0 Å². The Morgan fingerprint density at radius 1 is 1.03 bits per heavy atom. The van der Waals surface area contributed by atoms with Crippen LogP contribution in [0.1, 0.15) is 33.3 Å². The molecule has 0 radical (unpaired) electrons. The first kappa shape index (κ1) is 29.3. The first-order chi connectivity index (χ1) is 16.7. The third kappa shape index (κ3) is 8.03. The van der Waals surface area contributed by atoms with E-state index in [4.69, 9.17) is 21.1 Å². The highest BCUT2D eigenvalue weighted by Gasteiger charge is 2.31. The zero-order valence-electron chi connectivity index (χ0n) is 21.7. The summed E-state index contributed by atoms with van der Waals surface area (Å²) in [5.74, 6) is -0.187. The van der Waals surface area contributed by atoms with Gasteiger partial charge < -0.3 is 19.7 Å². The molecule has 0 aliphatic heterocycles. The van der Waals surface area contributed by atoms with Crippen molar-refractivity contribution < 1.29 is 27.5 Å². The van der Waals surface area contributed by atoms with Gasteiger partial charge in [-0.15, -0.1) is 0 Å². The number of halogens is 1. The van der Waals surface area contributed by atoms with Gasteiger partial charge in [0.1, 0.15) is 12.6 Å². The number of anilines is 1.